The monoisotopic (exact) mass is 244 g/mol. The van der Waals surface area contributed by atoms with Crippen molar-refractivity contribution in [1.29, 1.82) is 0 Å². The maximum Gasteiger partial charge on any atom is 0.224 e. The lowest BCUT2D eigenvalue weighted by atomic mass is 9.94. The number of piperidine rings is 1. The fraction of sp³-hybridized carbons (Fsp3) is 0.533. The lowest BCUT2D eigenvalue weighted by Crippen LogP contribution is -2.43. The van der Waals surface area contributed by atoms with Gasteiger partial charge in [0.15, 0.2) is 0 Å². The van der Waals surface area contributed by atoms with Gasteiger partial charge in [-0.25, -0.2) is 0 Å². The molecule has 1 saturated carbocycles. The minimum Gasteiger partial charge on any atom is -0.347 e. The summed E-state index contributed by atoms with van der Waals surface area (Å²) in [5, 5.41) is 6.52. The Balaban J connectivity index is 1.67. The summed E-state index contributed by atoms with van der Waals surface area (Å²) in [5.41, 5.74) is 0.866. The maximum absolute atomic E-state index is 12.3. The summed E-state index contributed by atoms with van der Waals surface area (Å²) in [5.74, 6) is 1.63. The quantitative estimate of drug-likeness (QED) is 0.846. The second kappa shape index (κ2) is 4.09. The van der Waals surface area contributed by atoms with Gasteiger partial charge in [0.2, 0.25) is 5.91 Å². The topological polar surface area (TPSA) is 41.1 Å². The number of nitrogens with one attached hydrogen (secondary N) is 2. The van der Waals surface area contributed by atoms with E-state index in [9.17, 15) is 4.79 Å². The normalized spacial score (nSPS) is 29.8. The van der Waals surface area contributed by atoms with Crippen molar-refractivity contribution in [2.24, 2.45) is 17.8 Å². The van der Waals surface area contributed by atoms with E-state index in [0.29, 0.717) is 11.8 Å². The molecule has 1 aromatic rings. The molecule has 0 aromatic heterocycles. The first kappa shape index (κ1) is 11.7. The van der Waals surface area contributed by atoms with Gasteiger partial charge in [-0.3, -0.25) is 4.79 Å². The molecule has 1 aliphatic carbocycles. The first-order valence-corrected chi connectivity index (χ1v) is 6.68. The summed E-state index contributed by atoms with van der Waals surface area (Å²) in [6.07, 6.45) is 0. The smallest absolute Gasteiger partial charge is 0.224 e. The summed E-state index contributed by atoms with van der Waals surface area (Å²) >= 11 is 0. The molecule has 96 valence electrons. The van der Waals surface area contributed by atoms with Crippen LogP contribution in [0, 0.1) is 17.8 Å². The van der Waals surface area contributed by atoms with Gasteiger partial charge in [-0.1, -0.05) is 30.3 Å². The first-order chi connectivity index (χ1) is 8.59. The minimum atomic E-state index is -0.289. The van der Waals surface area contributed by atoms with Crippen LogP contribution < -0.4 is 10.6 Å². The standard InChI is InChI=1S/C15H20N2O/c1-15(2,10-6-4-3-5-7-10)17-14(18)13-11-8-16-9-12(11)13/h3-7,11-13,16H,8-9H2,1-2H3,(H,17,18). The number of hydrogen-bond donors (Lipinski definition) is 2. The molecule has 1 amide bonds. The molecule has 18 heavy (non-hydrogen) atoms. The van der Waals surface area contributed by atoms with E-state index >= 15 is 0 Å². The number of hydrogen-bond acceptors (Lipinski definition) is 2. The van der Waals surface area contributed by atoms with E-state index in [2.05, 4.69) is 36.6 Å². The number of carbonyl (C=O) groups is 1. The Morgan fingerprint density at radius 2 is 1.83 bits per heavy atom. The third-order valence-electron chi connectivity index (χ3n) is 4.33. The van der Waals surface area contributed by atoms with Crippen molar-refractivity contribution in [3.8, 4) is 0 Å². The Kier molecular flexibility index (Phi) is 2.67. The zero-order valence-corrected chi connectivity index (χ0v) is 10.9. The van der Waals surface area contributed by atoms with Crippen molar-refractivity contribution < 1.29 is 4.79 Å². The van der Waals surface area contributed by atoms with Gasteiger partial charge in [0.1, 0.15) is 0 Å². The number of benzene rings is 1. The molecule has 2 fully saturated rings. The lowest BCUT2D eigenvalue weighted by Gasteiger charge is -2.27. The van der Waals surface area contributed by atoms with E-state index in [0.717, 1.165) is 18.7 Å². The summed E-state index contributed by atoms with van der Waals surface area (Å²) in [4.78, 5) is 12.3. The summed E-state index contributed by atoms with van der Waals surface area (Å²) in [7, 11) is 0. The summed E-state index contributed by atoms with van der Waals surface area (Å²) in [6.45, 7) is 6.15. The molecule has 3 heteroatoms. The van der Waals surface area contributed by atoms with Gasteiger partial charge in [0.05, 0.1) is 5.54 Å². The largest absolute Gasteiger partial charge is 0.347 e. The van der Waals surface area contributed by atoms with Crippen LogP contribution >= 0.6 is 0 Å². The predicted molar refractivity (Wildman–Crippen MR) is 71.0 cm³/mol. The van der Waals surface area contributed by atoms with E-state index in [4.69, 9.17) is 0 Å². The molecule has 3 nitrogen and oxygen atoms in total. The lowest BCUT2D eigenvalue weighted by molar-refractivity contribution is -0.124. The van der Waals surface area contributed by atoms with Gasteiger partial charge in [0, 0.05) is 5.92 Å². The van der Waals surface area contributed by atoms with Crippen molar-refractivity contribution in [3.05, 3.63) is 35.9 Å². The number of carbonyl (C=O) groups excluding carboxylic acids is 1. The van der Waals surface area contributed by atoms with Crippen molar-refractivity contribution in [3.63, 3.8) is 0 Å². The number of rotatable bonds is 3. The molecule has 1 saturated heterocycles. The van der Waals surface area contributed by atoms with Crippen LogP contribution in [0.4, 0.5) is 0 Å². The van der Waals surface area contributed by atoms with E-state index < -0.39 is 0 Å². The number of fused-ring (bicyclic) bond motifs is 1. The van der Waals surface area contributed by atoms with E-state index in [1.807, 2.05) is 18.2 Å². The van der Waals surface area contributed by atoms with Crippen LogP contribution in [0.2, 0.25) is 0 Å². The van der Waals surface area contributed by atoms with E-state index in [1.54, 1.807) is 0 Å². The van der Waals surface area contributed by atoms with Crippen molar-refractivity contribution in [2.45, 2.75) is 19.4 Å². The zero-order valence-electron chi connectivity index (χ0n) is 10.9. The molecule has 0 bridgehead atoms. The molecular formula is C15H20N2O. The average Bonchev–Trinajstić information content (AvgIpc) is 2.85. The second-order valence-corrected chi connectivity index (χ2v) is 5.99. The average molecular weight is 244 g/mol. The predicted octanol–water partition coefficient (Wildman–Crippen LogP) is 1.50. The van der Waals surface area contributed by atoms with Gasteiger partial charge < -0.3 is 10.6 Å². The highest BCUT2D eigenvalue weighted by Crippen LogP contribution is 2.49. The van der Waals surface area contributed by atoms with Crippen LogP contribution in [-0.4, -0.2) is 19.0 Å². The summed E-state index contributed by atoms with van der Waals surface area (Å²) < 4.78 is 0. The van der Waals surface area contributed by atoms with Crippen LogP contribution in [0.3, 0.4) is 0 Å². The van der Waals surface area contributed by atoms with Crippen LogP contribution in [0.25, 0.3) is 0 Å². The van der Waals surface area contributed by atoms with Gasteiger partial charge >= 0.3 is 0 Å². The molecule has 0 spiro atoms. The highest BCUT2D eigenvalue weighted by Gasteiger charge is 2.57. The SMILES string of the molecule is CC(C)(NC(=O)C1C2CNCC21)c1ccccc1. The molecule has 2 aliphatic rings. The second-order valence-electron chi connectivity index (χ2n) is 5.99. The third kappa shape index (κ3) is 1.93. The fourth-order valence-corrected chi connectivity index (χ4v) is 3.13. The van der Waals surface area contributed by atoms with Crippen LogP contribution in [-0.2, 0) is 10.3 Å². The Morgan fingerprint density at radius 1 is 1.22 bits per heavy atom. The molecule has 2 N–H and O–H groups in total. The first-order valence-electron chi connectivity index (χ1n) is 6.68. The van der Waals surface area contributed by atoms with Crippen LogP contribution in [0.1, 0.15) is 19.4 Å². The third-order valence-corrected chi connectivity index (χ3v) is 4.33. The molecule has 1 heterocycles. The van der Waals surface area contributed by atoms with Crippen molar-refractivity contribution >= 4 is 5.91 Å². The van der Waals surface area contributed by atoms with Crippen LogP contribution in [0.5, 0.6) is 0 Å². The fourth-order valence-electron chi connectivity index (χ4n) is 3.13. The van der Waals surface area contributed by atoms with Crippen LogP contribution in [0.15, 0.2) is 30.3 Å². The highest BCUT2D eigenvalue weighted by atomic mass is 16.2. The van der Waals surface area contributed by atoms with Gasteiger partial charge in [-0.15, -0.1) is 0 Å². The highest BCUT2D eigenvalue weighted by molar-refractivity contribution is 5.83. The molecule has 1 aromatic carbocycles. The zero-order chi connectivity index (χ0) is 12.8. The molecule has 2 atom stereocenters. The Morgan fingerprint density at radius 3 is 2.44 bits per heavy atom. The van der Waals surface area contributed by atoms with Gasteiger partial charge in [0.25, 0.3) is 0 Å². The van der Waals surface area contributed by atoms with Gasteiger partial charge in [-0.2, -0.15) is 0 Å². The Bertz CT molecular complexity index is 445. The Labute approximate surface area is 108 Å². The Hall–Kier alpha value is -1.35. The van der Waals surface area contributed by atoms with Crippen molar-refractivity contribution in [2.75, 3.05) is 13.1 Å². The molecule has 0 radical (unpaired) electrons. The summed E-state index contributed by atoms with van der Waals surface area (Å²) in [6, 6.07) is 10.2. The molecular weight excluding hydrogens is 224 g/mol. The van der Waals surface area contributed by atoms with E-state index in [-0.39, 0.29) is 17.4 Å². The van der Waals surface area contributed by atoms with E-state index in [1.165, 1.54) is 0 Å². The molecule has 1 aliphatic heterocycles. The number of amides is 1. The maximum atomic E-state index is 12.3. The molecule has 2 unspecified atom stereocenters. The molecule has 3 rings (SSSR count). The van der Waals surface area contributed by atoms with Gasteiger partial charge in [-0.05, 0) is 44.3 Å². The minimum absolute atomic E-state index is 0.223. The van der Waals surface area contributed by atoms with Crippen molar-refractivity contribution in [1.82, 2.24) is 10.6 Å².